The van der Waals surface area contributed by atoms with Crippen LogP contribution in [0, 0.1) is 5.82 Å². The first kappa shape index (κ1) is 19.0. The van der Waals surface area contributed by atoms with E-state index < -0.39 is 10.0 Å². The van der Waals surface area contributed by atoms with Gasteiger partial charge in [0.25, 0.3) is 0 Å². The summed E-state index contributed by atoms with van der Waals surface area (Å²) in [4.78, 5) is 4.88. The van der Waals surface area contributed by atoms with E-state index in [-0.39, 0.29) is 5.82 Å². The third-order valence-corrected chi connectivity index (χ3v) is 7.43. The molecule has 2 heterocycles. The van der Waals surface area contributed by atoms with Crippen molar-refractivity contribution < 1.29 is 12.8 Å². The fraction of sp³-hybridized carbons (Fsp3) is 0.250. The molecule has 5 nitrogen and oxygen atoms in total. The molecule has 2 aromatic carbocycles. The van der Waals surface area contributed by atoms with E-state index in [0.29, 0.717) is 24.5 Å². The zero-order valence-corrected chi connectivity index (χ0v) is 16.8. The van der Waals surface area contributed by atoms with Crippen LogP contribution in [0.3, 0.4) is 0 Å². The molecule has 0 unspecified atom stereocenters. The highest BCUT2D eigenvalue weighted by Gasteiger charge is 2.26. The number of anilines is 1. The number of nitrogens with one attached hydrogen (secondary N) is 1. The van der Waals surface area contributed by atoms with E-state index in [9.17, 15) is 12.8 Å². The van der Waals surface area contributed by atoms with Crippen LogP contribution < -0.4 is 5.32 Å². The molecule has 1 aliphatic heterocycles. The van der Waals surface area contributed by atoms with Crippen LogP contribution in [0.1, 0.15) is 18.4 Å². The van der Waals surface area contributed by atoms with Crippen molar-refractivity contribution in [2.75, 3.05) is 18.4 Å². The van der Waals surface area contributed by atoms with Crippen LogP contribution in [0.5, 0.6) is 0 Å². The number of sulfonamides is 1. The first-order valence-corrected chi connectivity index (χ1v) is 11.4. The van der Waals surface area contributed by atoms with Crippen LogP contribution in [-0.4, -0.2) is 30.8 Å². The zero-order valence-electron chi connectivity index (χ0n) is 15.1. The van der Waals surface area contributed by atoms with E-state index in [1.807, 2.05) is 5.38 Å². The fourth-order valence-corrected chi connectivity index (χ4v) is 5.38. The minimum Gasteiger partial charge on any atom is -0.357 e. The highest BCUT2D eigenvalue weighted by Crippen LogP contribution is 2.27. The monoisotopic (exact) mass is 417 g/mol. The van der Waals surface area contributed by atoms with Crippen molar-refractivity contribution in [3.05, 3.63) is 65.3 Å². The van der Waals surface area contributed by atoms with Gasteiger partial charge < -0.3 is 5.32 Å². The molecule has 0 saturated carbocycles. The Morgan fingerprint density at radius 1 is 1.04 bits per heavy atom. The molecule has 3 aromatic rings. The van der Waals surface area contributed by atoms with Gasteiger partial charge in [-0.05, 0) is 42.7 Å². The van der Waals surface area contributed by atoms with E-state index in [4.69, 9.17) is 0 Å². The Morgan fingerprint density at radius 3 is 2.39 bits per heavy atom. The maximum Gasteiger partial charge on any atom is 0.243 e. The summed E-state index contributed by atoms with van der Waals surface area (Å²) in [5.41, 5.74) is 2.62. The summed E-state index contributed by atoms with van der Waals surface area (Å²) in [6.07, 6.45) is 1.84. The van der Waals surface area contributed by atoms with E-state index in [1.54, 1.807) is 40.7 Å². The average Bonchev–Trinajstić information content (AvgIpc) is 3.40. The predicted molar refractivity (Wildman–Crippen MR) is 109 cm³/mol. The maximum absolute atomic E-state index is 13.0. The normalized spacial score (nSPS) is 15.0. The molecule has 1 N–H and O–H groups in total. The van der Waals surface area contributed by atoms with Crippen molar-refractivity contribution in [2.24, 2.45) is 0 Å². The number of halogens is 1. The van der Waals surface area contributed by atoms with E-state index in [0.717, 1.165) is 34.8 Å². The Kier molecular flexibility index (Phi) is 5.43. The third kappa shape index (κ3) is 4.09. The second-order valence-corrected chi connectivity index (χ2v) is 9.45. The Hall–Kier alpha value is -2.29. The molecule has 1 saturated heterocycles. The molecule has 0 aliphatic carbocycles. The quantitative estimate of drug-likeness (QED) is 0.648. The topological polar surface area (TPSA) is 62.3 Å². The molecule has 146 valence electrons. The highest BCUT2D eigenvalue weighted by atomic mass is 32.2. The van der Waals surface area contributed by atoms with E-state index in [1.165, 1.54) is 23.5 Å². The van der Waals surface area contributed by atoms with Crippen molar-refractivity contribution in [1.29, 1.82) is 0 Å². The number of rotatable bonds is 6. The molecule has 4 rings (SSSR count). The van der Waals surface area contributed by atoms with Crippen molar-refractivity contribution in [1.82, 2.24) is 9.29 Å². The molecule has 0 amide bonds. The van der Waals surface area contributed by atoms with Crippen LogP contribution in [0.15, 0.2) is 58.8 Å². The summed E-state index contributed by atoms with van der Waals surface area (Å²) in [7, 11) is -3.40. The van der Waals surface area contributed by atoms with Crippen molar-refractivity contribution in [2.45, 2.75) is 24.3 Å². The number of hydrogen-bond donors (Lipinski definition) is 1. The van der Waals surface area contributed by atoms with Gasteiger partial charge in [0.2, 0.25) is 10.0 Å². The highest BCUT2D eigenvalue weighted by molar-refractivity contribution is 7.89. The smallest absolute Gasteiger partial charge is 0.243 e. The SMILES string of the molecule is O=S(=O)(c1ccc(-c2csc(NCc3ccc(F)cc3)n2)cc1)N1CCCC1. The third-order valence-electron chi connectivity index (χ3n) is 4.71. The van der Waals surface area contributed by atoms with Crippen molar-refractivity contribution >= 4 is 26.5 Å². The van der Waals surface area contributed by atoms with Gasteiger partial charge in [-0.1, -0.05) is 24.3 Å². The minimum atomic E-state index is -3.40. The molecule has 0 atom stereocenters. The molecule has 0 radical (unpaired) electrons. The van der Waals surface area contributed by atoms with Gasteiger partial charge in [-0.2, -0.15) is 4.31 Å². The fourth-order valence-electron chi connectivity index (χ4n) is 3.14. The molecule has 1 fully saturated rings. The molecule has 0 spiro atoms. The molecule has 1 aliphatic rings. The van der Waals surface area contributed by atoms with Crippen molar-refractivity contribution in [3.8, 4) is 11.3 Å². The lowest BCUT2D eigenvalue weighted by molar-refractivity contribution is 0.477. The van der Waals surface area contributed by atoms with Gasteiger partial charge in [0, 0.05) is 30.6 Å². The van der Waals surface area contributed by atoms with Crippen LogP contribution in [0.25, 0.3) is 11.3 Å². The van der Waals surface area contributed by atoms with Crippen molar-refractivity contribution in [3.63, 3.8) is 0 Å². The summed E-state index contributed by atoms with van der Waals surface area (Å²) in [6, 6.07) is 13.2. The number of benzene rings is 2. The van der Waals surface area contributed by atoms with Gasteiger partial charge in [0.15, 0.2) is 5.13 Å². The molecular weight excluding hydrogens is 397 g/mol. The zero-order chi connectivity index (χ0) is 19.6. The van der Waals surface area contributed by atoms with Gasteiger partial charge >= 0.3 is 0 Å². The van der Waals surface area contributed by atoms with Crippen LogP contribution in [0.2, 0.25) is 0 Å². The average molecular weight is 418 g/mol. The van der Waals surface area contributed by atoms with Gasteiger partial charge in [-0.25, -0.2) is 17.8 Å². The Labute approximate surface area is 167 Å². The minimum absolute atomic E-state index is 0.254. The first-order valence-electron chi connectivity index (χ1n) is 9.07. The Morgan fingerprint density at radius 2 is 1.71 bits per heavy atom. The number of nitrogens with zero attached hydrogens (tertiary/aromatic N) is 2. The van der Waals surface area contributed by atoms with Crippen LogP contribution in [0.4, 0.5) is 9.52 Å². The standard InChI is InChI=1S/C20H20FN3O2S2/c21-17-7-3-15(4-8-17)13-22-20-23-19(14-27-20)16-5-9-18(10-6-16)28(25,26)24-11-1-2-12-24/h3-10,14H,1-2,11-13H2,(H,22,23). The van der Waals surface area contributed by atoms with Crippen LogP contribution >= 0.6 is 11.3 Å². The largest absolute Gasteiger partial charge is 0.357 e. The Balaban J connectivity index is 1.44. The summed E-state index contributed by atoms with van der Waals surface area (Å²) >= 11 is 1.47. The summed E-state index contributed by atoms with van der Waals surface area (Å²) in [6.45, 7) is 1.75. The molecular formula is C20H20FN3O2S2. The summed E-state index contributed by atoms with van der Waals surface area (Å²) in [5.74, 6) is -0.254. The first-order chi connectivity index (χ1) is 13.5. The van der Waals surface area contributed by atoms with Gasteiger partial charge in [-0.3, -0.25) is 0 Å². The number of thiazole rings is 1. The molecule has 28 heavy (non-hydrogen) atoms. The van der Waals surface area contributed by atoms with Gasteiger partial charge in [-0.15, -0.1) is 11.3 Å². The maximum atomic E-state index is 13.0. The molecule has 0 bridgehead atoms. The molecule has 8 heteroatoms. The van der Waals surface area contributed by atoms with Gasteiger partial charge in [0.05, 0.1) is 10.6 Å². The van der Waals surface area contributed by atoms with Gasteiger partial charge in [0.1, 0.15) is 5.82 Å². The second-order valence-electron chi connectivity index (χ2n) is 6.65. The molecule has 1 aromatic heterocycles. The van der Waals surface area contributed by atoms with E-state index >= 15 is 0 Å². The lowest BCUT2D eigenvalue weighted by atomic mass is 10.2. The summed E-state index contributed by atoms with van der Waals surface area (Å²) < 4.78 is 39.7. The lowest BCUT2D eigenvalue weighted by Gasteiger charge is -2.15. The number of hydrogen-bond acceptors (Lipinski definition) is 5. The predicted octanol–water partition coefficient (Wildman–Crippen LogP) is 4.35. The lowest BCUT2D eigenvalue weighted by Crippen LogP contribution is -2.27. The number of aromatic nitrogens is 1. The van der Waals surface area contributed by atoms with E-state index in [2.05, 4.69) is 10.3 Å². The second kappa shape index (κ2) is 7.98. The van der Waals surface area contributed by atoms with Crippen LogP contribution in [-0.2, 0) is 16.6 Å². The Bertz CT molecular complexity index is 1040. The summed E-state index contributed by atoms with van der Waals surface area (Å²) in [5, 5.41) is 5.91.